The van der Waals surface area contributed by atoms with Crippen molar-refractivity contribution in [3.05, 3.63) is 76.2 Å². The standard InChI is InChI=1S/C23H19ClN2O5/c1-13-18-9-7-16(25-20(27)10-8-17-12-21(29-2)26-31-17)11-19(18)30-23(13)22(28)14-3-5-15(24)6-4-14/h3-7,9,11-12H,8,10H2,1-2H3,(H,25,27). The molecule has 0 aliphatic carbocycles. The van der Waals surface area contributed by atoms with Crippen LogP contribution in [0.3, 0.4) is 0 Å². The third-order valence-corrected chi connectivity index (χ3v) is 5.13. The summed E-state index contributed by atoms with van der Waals surface area (Å²) in [7, 11) is 1.50. The Labute approximate surface area is 182 Å². The van der Waals surface area contributed by atoms with Crippen molar-refractivity contribution in [3.8, 4) is 5.88 Å². The summed E-state index contributed by atoms with van der Waals surface area (Å²) < 4.78 is 15.9. The summed E-state index contributed by atoms with van der Waals surface area (Å²) >= 11 is 5.90. The van der Waals surface area contributed by atoms with E-state index < -0.39 is 0 Å². The first-order valence-electron chi connectivity index (χ1n) is 9.57. The van der Waals surface area contributed by atoms with Crippen LogP contribution in [0.2, 0.25) is 5.02 Å². The number of carbonyl (C=O) groups is 2. The highest BCUT2D eigenvalue weighted by Crippen LogP contribution is 2.29. The first-order chi connectivity index (χ1) is 14.9. The number of furan rings is 1. The molecule has 2 aromatic heterocycles. The van der Waals surface area contributed by atoms with Crippen molar-refractivity contribution in [2.45, 2.75) is 19.8 Å². The molecule has 0 bridgehead atoms. The lowest BCUT2D eigenvalue weighted by Gasteiger charge is -2.04. The molecule has 0 aliphatic heterocycles. The lowest BCUT2D eigenvalue weighted by molar-refractivity contribution is -0.116. The van der Waals surface area contributed by atoms with Crippen LogP contribution in [0.4, 0.5) is 5.69 Å². The lowest BCUT2D eigenvalue weighted by atomic mass is 10.0. The molecule has 0 saturated heterocycles. The van der Waals surface area contributed by atoms with Crippen LogP contribution in [0, 0.1) is 6.92 Å². The number of rotatable bonds is 7. The molecule has 0 radical (unpaired) electrons. The van der Waals surface area contributed by atoms with Crippen molar-refractivity contribution in [1.82, 2.24) is 5.16 Å². The SMILES string of the molecule is COc1cc(CCC(=O)Nc2ccc3c(C)c(C(=O)c4ccc(Cl)cc4)oc3c2)on1. The van der Waals surface area contributed by atoms with Crippen LogP contribution in [0.1, 0.15) is 33.9 Å². The molecule has 0 saturated carbocycles. The number of hydrogen-bond acceptors (Lipinski definition) is 6. The molecule has 4 rings (SSSR count). The van der Waals surface area contributed by atoms with Crippen LogP contribution in [0.5, 0.6) is 5.88 Å². The van der Waals surface area contributed by atoms with Gasteiger partial charge in [0.2, 0.25) is 11.7 Å². The van der Waals surface area contributed by atoms with E-state index in [0.29, 0.717) is 39.9 Å². The predicted octanol–water partition coefficient (Wildman–Crippen LogP) is 5.19. The highest BCUT2D eigenvalue weighted by atomic mass is 35.5. The summed E-state index contributed by atoms with van der Waals surface area (Å²) in [6.07, 6.45) is 0.609. The Kier molecular flexibility index (Phi) is 5.77. The van der Waals surface area contributed by atoms with Crippen molar-refractivity contribution in [1.29, 1.82) is 0 Å². The third kappa shape index (κ3) is 4.46. The fraction of sp³-hybridized carbons (Fsp3) is 0.174. The van der Waals surface area contributed by atoms with Crippen molar-refractivity contribution in [2.24, 2.45) is 0 Å². The molecular formula is C23H19ClN2O5. The van der Waals surface area contributed by atoms with Crippen LogP contribution in [0.25, 0.3) is 11.0 Å². The van der Waals surface area contributed by atoms with Gasteiger partial charge in [0.1, 0.15) is 11.3 Å². The zero-order valence-corrected chi connectivity index (χ0v) is 17.7. The zero-order valence-electron chi connectivity index (χ0n) is 16.9. The lowest BCUT2D eigenvalue weighted by Crippen LogP contribution is -2.12. The van der Waals surface area contributed by atoms with Gasteiger partial charge in [0.25, 0.3) is 5.88 Å². The molecule has 0 fully saturated rings. The number of ketones is 1. The van der Waals surface area contributed by atoms with E-state index in [-0.39, 0.29) is 23.9 Å². The first kappa shape index (κ1) is 20.7. The van der Waals surface area contributed by atoms with Gasteiger partial charge >= 0.3 is 0 Å². The van der Waals surface area contributed by atoms with E-state index in [1.165, 1.54) is 7.11 Å². The van der Waals surface area contributed by atoms with E-state index in [0.717, 1.165) is 10.9 Å². The minimum atomic E-state index is -0.224. The number of amides is 1. The monoisotopic (exact) mass is 438 g/mol. The number of anilines is 1. The van der Waals surface area contributed by atoms with Gasteiger partial charge in [-0.05, 0) is 48.5 Å². The van der Waals surface area contributed by atoms with Crippen LogP contribution in [-0.4, -0.2) is 24.0 Å². The van der Waals surface area contributed by atoms with E-state index in [1.807, 2.05) is 13.0 Å². The third-order valence-electron chi connectivity index (χ3n) is 4.88. The Morgan fingerprint density at radius 1 is 1.13 bits per heavy atom. The summed E-state index contributed by atoms with van der Waals surface area (Å²) in [5, 5.41) is 7.90. The van der Waals surface area contributed by atoms with Gasteiger partial charge in [-0.15, -0.1) is 0 Å². The number of methoxy groups -OCH3 is 1. The molecule has 0 spiro atoms. The molecule has 8 heteroatoms. The second-order valence-corrected chi connectivity index (χ2v) is 7.42. The number of aryl methyl sites for hydroxylation is 2. The van der Waals surface area contributed by atoms with E-state index in [9.17, 15) is 9.59 Å². The molecule has 1 amide bonds. The van der Waals surface area contributed by atoms with Crippen LogP contribution < -0.4 is 10.1 Å². The topological polar surface area (TPSA) is 94.6 Å². The van der Waals surface area contributed by atoms with Gasteiger partial charge in [0.05, 0.1) is 7.11 Å². The average Bonchev–Trinajstić information content (AvgIpc) is 3.36. The number of halogens is 1. The quantitative estimate of drug-likeness (QED) is 0.399. The van der Waals surface area contributed by atoms with E-state index in [1.54, 1.807) is 42.5 Å². The van der Waals surface area contributed by atoms with Crippen molar-refractivity contribution in [2.75, 3.05) is 12.4 Å². The number of nitrogens with zero attached hydrogens (tertiary/aromatic N) is 1. The Bertz CT molecular complexity index is 1260. The first-order valence-corrected chi connectivity index (χ1v) is 9.95. The van der Waals surface area contributed by atoms with Gasteiger partial charge in [-0.1, -0.05) is 11.6 Å². The second kappa shape index (κ2) is 8.65. The molecule has 0 atom stereocenters. The maximum atomic E-state index is 12.8. The highest BCUT2D eigenvalue weighted by Gasteiger charge is 2.19. The van der Waals surface area contributed by atoms with Gasteiger partial charge in [0.15, 0.2) is 5.76 Å². The number of hydrogen-bond donors (Lipinski definition) is 1. The Balaban J connectivity index is 1.48. The van der Waals surface area contributed by atoms with E-state index >= 15 is 0 Å². The molecule has 2 aromatic carbocycles. The largest absolute Gasteiger partial charge is 0.479 e. The fourth-order valence-electron chi connectivity index (χ4n) is 3.22. The number of carbonyl (C=O) groups excluding carboxylic acids is 2. The maximum absolute atomic E-state index is 12.8. The Morgan fingerprint density at radius 3 is 2.61 bits per heavy atom. The summed E-state index contributed by atoms with van der Waals surface area (Å²) in [5.41, 5.74) is 2.33. The van der Waals surface area contributed by atoms with Crippen molar-refractivity contribution >= 4 is 39.9 Å². The molecule has 2 heterocycles. The maximum Gasteiger partial charge on any atom is 0.254 e. The molecule has 0 unspecified atom stereocenters. The molecule has 7 nitrogen and oxygen atoms in total. The smallest absolute Gasteiger partial charge is 0.254 e. The van der Waals surface area contributed by atoms with Gasteiger partial charge in [-0.2, -0.15) is 0 Å². The normalized spacial score (nSPS) is 10.9. The van der Waals surface area contributed by atoms with Gasteiger partial charge < -0.3 is 19.0 Å². The van der Waals surface area contributed by atoms with Gasteiger partial charge in [-0.3, -0.25) is 9.59 Å². The average molecular weight is 439 g/mol. The van der Waals surface area contributed by atoms with Crippen molar-refractivity contribution in [3.63, 3.8) is 0 Å². The Hall–Kier alpha value is -3.58. The summed E-state index contributed by atoms with van der Waals surface area (Å²) in [6.45, 7) is 1.83. The van der Waals surface area contributed by atoms with Crippen LogP contribution in [0.15, 0.2) is 57.5 Å². The number of aromatic nitrogens is 1. The van der Waals surface area contributed by atoms with E-state index in [2.05, 4.69) is 10.5 Å². The number of benzene rings is 2. The number of nitrogens with one attached hydrogen (secondary N) is 1. The predicted molar refractivity (Wildman–Crippen MR) is 116 cm³/mol. The molecule has 0 aliphatic rings. The van der Waals surface area contributed by atoms with Crippen molar-refractivity contribution < 1.29 is 23.3 Å². The fourth-order valence-corrected chi connectivity index (χ4v) is 3.35. The summed E-state index contributed by atoms with van der Waals surface area (Å²) in [5.74, 6) is 0.793. The highest BCUT2D eigenvalue weighted by molar-refractivity contribution is 6.30. The minimum Gasteiger partial charge on any atom is -0.479 e. The molecule has 4 aromatic rings. The minimum absolute atomic E-state index is 0.185. The number of ether oxygens (including phenoxy) is 1. The zero-order chi connectivity index (χ0) is 22.0. The van der Waals surface area contributed by atoms with Gasteiger partial charge in [-0.25, -0.2) is 0 Å². The summed E-state index contributed by atoms with van der Waals surface area (Å²) in [4.78, 5) is 25.1. The van der Waals surface area contributed by atoms with E-state index in [4.69, 9.17) is 25.3 Å². The number of fused-ring (bicyclic) bond motifs is 1. The molecule has 158 valence electrons. The molecule has 31 heavy (non-hydrogen) atoms. The molecular weight excluding hydrogens is 420 g/mol. The summed E-state index contributed by atoms with van der Waals surface area (Å²) in [6, 6.07) is 13.6. The van der Waals surface area contributed by atoms with Crippen LogP contribution in [-0.2, 0) is 11.2 Å². The molecule has 1 N–H and O–H groups in total. The second-order valence-electron chi connectivity index (χ2n) is 6.99. The van der Waals surface area contributed by atoms with Gasteiger partial charge in [0, 0.05) is 52.2 Å². The Morgan fingerprint density at radius 2 is 1.90 bits per heavy atom. The van der Waals surface area contributed by atoms with Crippen LogP contribution >= 0.6 is 11.6 Å².